The highest BCUT2D eigenvalue weighted by Crippen LogP contribution is 2.27. The van der Waals surface area contributed by atoms with Gasteiger partial charge < -0.3 is 9.80 Å². The molecule has 1 aliphatic heterocycles. The Hall–Kier alpha value is -3.56. The number of fused-ring (bicyclic) bond motifs is 1. The molecule has 0 radical (unpaired) electrons. The van der Waals surface area contributed by atoms with Crippen molar-refractivity contribution in [3.05, 3.63) is 73.2 Å². The van der Waals surface area contributed by atoms with Gasteiger partial charge >= 0.3 is 0 Å². The highest BCUT2D eigenvalue weighted by Gasteiger charge is 2.22. The lowest BCUT2D eigenvalue weighted by Gasteiger charge is -2.35. The van der Waals surface area contributed by atoms with Crippen LogP contribution in [0.25, 0.3) is 22.2 Å². The Labute approximate surface area is 205 Å². The van der Waals surface area contributed by atoms with Gasteiger partial charge in [-0.05, 0) is 68.9 Å². The SMILES string of the molecule is CN1CCC(N(C)c2cnc3ccc(-c4cncc(NS(=O)(=O)c5ccccc5)c4)cc3n2)CC1. The van der Waals surface area contributed by atoms with E-state index in [1.165, 1.54) is 6.20 Å². The number of likely N-dealkylation sites (tertiary alicyclic amines) is 1. The lowest BCUT2D eigenvalue weighted by molar-refractivity contribution is 0.252. The minimum absolute atomic E-state index is 0.202. The van der Waals surface area contributed by atoms with Gasteiger partial charge in [0.2, 0.25) is 0 Å². The van der Waals surface area contributed by atoms with Crippen LogP contribution in [-0.2, 0) is 10.0 Å². The Morgan fingerprint density at radius 1 is 0.943 bits per heavy atom. The molecule has 0 unspecified atom stereocenters. The van der Waals surface area contributed by atoms with Crippen molar-refractivity contribution in [2.75, 3.05) is 36.8 Å². The molecule has 2 aromatic carbocycles. The van der Waals surface area contributed by atoms with Crippen LogP contribution >= 0.6 is 0 Å². The number of sulfonamides is 1. The number of piperidine rings is 1. The Kier molecular flexibility index (Phi) is 6.36. The van der Waals surface area contributed by atoms with Crippen LogP contribution in [0.1, 0.15) is 12.8 Å². The fourth-order valence-corrected chi connectivity index (χ4v) is 5.44. The van der Waals surface area contributed by atoms with Crippen molar-refractivity contribution in [3.8, 4) is 11.1 Å². The third kappa shape index (κ3) is 5.11. The minimum Gasteiger partial charge on any atom is -0.355 e. The maximum atomic E-state index is 12.7. The number of hydrogen-bond donors (Lipinski definition) is 1. The van der Waals surface area contributed by atoms with E-state index < -0.39 is 10.0 Å². The second kappa shape index (κ2) is 9.59. The van der Waals surface area contributed by atoms with Gasteiger partial charge in [-0.15, -0.1) is 0 Å². The van der Waals surface area contributed by atoms with Gasteiger partial charge in [-0.2, -0.15) is 0 Å². The van der Waals surface area contributed by atoms with E-state index in [0.717, 1.165) is 53.9 Å². The molecule has 1 aliphatic rings. The maximum Gasteiger partial charge on any atom is 0.261 e. The first kappa shape index (κ1) is 23.2. The highest BCUT2D eigenvalue weighted by atomic mass is 32.2. The summed E-state index contributed by atoms with van der Waals surface area (Å²) in [4.78, 5) is 18.6. The van der Waals surface area contributed by atoms with Gasteiger partial charge in [-0.3, -0.25) is 14.7 Å². The smallest absolute Gasteiger partial charge is 0.261 e. The van der Waals surface area contributed by atoms with Crippen LogP contribution in [0.15, 0.2) is 78.1 Å². The second-order valence-corrected chi connectivity index (χ2v) is 10.6. The van der Waals surface area contributed by atoms with Crippen molar-refractivity contribution in [1.82, 2.24) is 19.9 Å². The number of anilines is 2. The zero-order chi connectivity index (χ0) is 24.4. The number of rotatable bonds is 6. The third-order valence-electron chi connectivity index (χ3n) is 6.50. The molecule has 9 heteroatoms. The average Bonchev–Trinajstić information content (AvgIpc) is 2.88. The summed E-state index contributed by atoms with van der Waals surface area (Å²) in [6, 6.07) is 16.3. The van der Waals surface area contributed by atoms with Crippen LogP contribution in [0.3, 0.4) is 0 Å². The molecule has 180 valence electrons. The zero-order valence-corrected chi connectivity index (χ0v) is 20.6. The van der Waals surface area contributed by atoms with Crippen LogP contribution in [0.2, 0.25) is 0 Å². The van der Waals surface area contributed by atoms with Gasteiger partial charge in [-0.1, -0.05) is 24.3 Å². The van der Waals surface area contributed by atoms with Crippen molar-refractivity contribution >= 4 is 32.6 Å². The Bertz CT molecular complexity index is 1440. The molecule has 4 aromatic rings. The van der Waals surface area contributed by atoms with Crippen LogP contribution < -0.4 is 9.62 Å². The van der Waals surface area contributed by atoms with Crippen LogP contribution in [0.4, 0.5) is 11.5 Å². The van der Waals surface area contributed by atoms with Crippen molar-refractivity contribution in [2.45, 2.75) is 23.8 Å². The largest absolute Gasteiger partial charge is 0.355 e. The average molecular weight is 489 g/mol. The van der Waals surface area contributed by atoms with Gasteiger partial charge in [0.1, 0.15) is 5.82 Å². The van der Waals surface area contributed by atoms with E-state index in [0.29, 0.717) is 11.7 Å². The molecule has 1 N–H and O–H groups in total. The Morgan fingerprint density at radius 3 is 2.49 bits per heavy atom. The molecule has 5 rings (SSSR count). The molecule has 3 heterocycles. The maximum absolute atomic E-state index is 12.7. The first-order chi connectivity index (χ1) is 16.9. The quantitative estimate of drug-likeness (QED) is 0.438. The molecule has 8 nitrogen and oxygen atoms in total. The predicted octanol–water partition coefficient (Wildman–Crippen LogP) is 4.02. The number of hydrogen-bond acceptors (Lipinski definition) is 7. The minimum atomic E-state index is -3.70. The number of benzene rings is 2. The van der Waals surface area contributed by atoms with Gasteiger partial charge in [0, 0.05) is 24.8 Å². The van der Waals surface area contributed by atoms with Gasteiger partial charge in [0.15, 0.2) is 0 Å². The summed E-state index contributed by atoms with van der Waals surface area (Å²) in [5.74, 6) is 0.853. The van der Waals surface area contributed by atoms with E-state index in [4.69, 9.17) is 4.98 Å². The summed E-state index contributed by atoms with van der Waals surface area (Å²) < 4.78 is 28.0. The molecule has 1 saturated heterocycles. The summed E-state index contributed by atoms with van der Waals surface area (Å²) in [5.41, 5.74) is 3.67. The summed E-state index contributed by atoms with van der Waals surface area (Å²) >= 11 is 0. The van der Waals surface area contributed by atoms with Crippen molar-refractivity contribution in [3.63, 3.8) is 0 Å². The third-order valence-corrected chi connectivity index (χ3v) is 7.90. The number of nitrogens with zero attached hydrogens (tertiary/aromatic N) is 5. The molecule has 0 amide bonds. The van der Waals surface area contributed by atoms with E-state index in [1.807, 2.05) is 24.4 Å². The van der Waals surface area contributed by atoms with E-state index >= 15 is 0 Å². The zero-order valence-electron chi connectivity index (χ0n) is 19.8. The molecule has 0 saturated carbocycles. The predicted molar refractivity (Wildman–Crippen MR) is 139 cm³/mol. The molecular formula is C26H28N6O2S. The van der Waals surface area contributed by atoms with E-state index in [9.17, 15) is 8.42 Å². The molecule has 0 atom stereocenters. The van der Waals surface area contributed by atoms with E-state index in [-0.39, 0.29) is 4.90 Å². The summed E-state index contributed by atoms with van der Waals surface area (Å²) in [6.07, 6.45) is 7.25. The van der Waals surface area contributed by atoms with Gasteiger partial charge in [-0.25, -0.2) is 13.4 Å². The Balaban J connectivity index is 1.41. The highest BCUT2D eigenvalue weighted by molar-refractivity contribution is 7.92. The van der Waals surface area contributed by atoms with E-state index in [1.54, 1.807) is 42.6 Å². The van der Waals surface area contributed by atoms with Gasteiger partial charge in [0.25, 0.3) is 10.0 Å². The molecule has 0 aliphatic carbocycles. The fraction of sp³-hybridized carbons (Fsp3) is 0.269. The van der Waals surface area contributed by atoms with Crippen LogP contribution in [-0.4, -0.2) is 61.5 Å². The monoisotopic (exact) mass is 488 g/mol. The van der Waals surface area contributed by atoms with Crippen molar-refractivity contribution < 1.29 is 8.42 Å². The lowest BCUT2D eigenvalue weighted by atomic mass is 10.0. The standard InChI is InChI=1S/C26H28N6O2S/c1-31-12-10-22(11-13-31)32(2)26-18-28-24-9-8-19(15-25(24)29-26)20-14-21(17-27-16-20)30-35(33,34)23-6-4-3-5-7-23/h3-9,14-18,22,30H,10-13H2,1-2H3. The van der Waals surface area contributed by atoms with Gasteiger partial charge in [0.05, 0.1) is 34.0 Å². The van der Waals surface area contributed by atoms with Crippen LogP contribution in [0.5, 0.6) is 0 Å². The lowest BCUT2D eigenvalue weighted by Crippen LogP contribution is -2.42. The summed E-state index contributed by atoms with van der Waals surface area (Å²) in [5, 5.41) is 0. The first-order valence-corrected chi connectivity index (χ1v) is 13.1. The molecule has 2 aromatic heterocycles. The number of nitrogens with one attached hydrogen (secondary N) is 1. The second-order valence-electron chi connectivity index (χ2n) is 8.96. The number of aromatic nitrogens is 3. The van der Waals surface area contributed by atoms with Crippen molar-refractivity contribution in [2.24, 2.45) is 0 Å². The summed E-state index contributed by atoms with van der Waals surface area (Å²) in [7, 11) is 0.545. The van der Waals surface area contributed by atoms with Crippen molar-refractivity contribution in [1.29, 1.82) is 0 Å². The topological polar surface area (TPSA) is 91.3 Å². The normalized spacial score (nSPS) is 15.3. The summed E-state index contributed by atoms with van der Waals surface area (Å²) in [6.45, 7) is 2.16. The fourth-order valence-electron chi connectivity index (χ4n) is 4.39. The van der Waals surface area contributed by atoms with Crippen LogP contribution in [0, 0.1) is 0 Å². The molecule has 0 bridgehead atoms. The number of pyridine rings is 1. The molecule has 35 heavy (non-hydrogen) atoms. The van der Waals surface area contributed by atoms with E-state index in [2.05, 4.69) is 38.6 Å². The first-order valence-electron chi connectivity index (χ1n) is 11.6. The molecule has 1 fully saturated rings. The Morgan fingerprint density at radius 2 is 1.71 bits per heavy atom. The molecule has 0 spiro atoms. The molecular weight excluding hydrogens is 460 g/mol.